The van der Waals surface area contributed by atoms with E-state index in [0.717, 1.165) is 21.1 Å². The Labute approximate surface area is 163 Å². The summed E-state index contributed by atoms with van der Waals surface area (Å²) < 4.78 is 7.40. The molecule has 3 aromatic heterocycles. The molecule has 0 atom stereocenters. The smallest absolute Gasteiger partial charge is 0.211 e. The summed E-state index contributed by atoms with van der Waals surface area (Å²) in [7, 11) is 0. The topological polar surface area (TPSA) is 42.8 Å². The van der Waals surface area contributed by atoms with Crippen molar-refractivity contribution in [2.45, 2.75) is 6.92 Å². The van der Waals surface area contributed by atoms with Crippen LogP contribution in [0, 0.1) is 6.92 Å². The van der Waals surface area contributed by atoms with E-state index in [0.29, 0.717) is 16.5 Å². The zero-order valence-electron chi connectivity index (χ0n) is 13.8. The minimum absolute atomic E-state index is 0.607. The van der Waals surface area contributed by atoms with Gasteiger partial charge in [0.05, 0.1) is 27.5 Å². The van der Waals surface area contributed by atoms with Crippen molar-refractivity contribution in [2.24, 2.45) is 10.1 Å². The summed E-state index contributed by atoms with van der Waals surface area (Å²) in [5, 5.41) is 9.31. The molecule has 0 unspecified atom stereocenters. The van der Waals surface area contributed by atoms with Gasteiger partial charge < -0.3 is 4.42 Å². The molecule has 0 N–H and O–H groups in total. The second kappa shape index (κ2) is 7.45. The monoisotopic (exact) mass is 399 g/mol. The number of hydrogen-bond donors (Lipinski definition) is 0. The van der Waals surface area contributed by atoms with Gasteiger partial charge in [0.1, 0.15) is 11.5 Å². The van der Waals surface area contributed by atoms with Crippen molar-refractivity contribution in [3.63, 3.8) is 0 Å². The van der Waals surface area contributed by atoms with Crippen molar-refractivity contribution in [1.29, 1.82) is 0 Å². The fourth-order valence-electron chi connectivity index (χ4n) is 2.37. The van der Waals surface area contributed by atoms with Gasteiger partial charge >= 0.3 is 0 Å². The molecule has 26 heavy (non-hydrogen) atoms. The van der Waals surface area contributed by atoms with Crippen molar-refractivity contribution in [3.05, 3.63) is 80.6 Å². The average molecular weight is 400 g/mol. The molecule has 0 aliphatic heterocycles. The van der Waals surface area contributed by atoms with Crippen molar-refractivity contribution in [3.8, 4) is 10.6 Å². The Morgan fingerprint density at radius 2 is 1.96 bits per heavy atom. The summed E-state index contributed by atoms with van der Waals surface area (Å²) in [6.07, 6.45) is 1.70. The van der Waals surface area contributed by atoms with Gasteiger partial charge in [-0.1, -0.05) is 29.8 Å². The van der Waals surface area contributed by atoms with Crippen molar-refractivity contribution >= 4 is 46.2 Å². The summed E-state index contributed by atoms with van der Waals surface area (Å²) in [5.74, 6) is 1.54. The normalized spacial score (nSPS) is 12.3. The Balaban J connectivity index is 1.84. The lowest BCUT2D eigenvalue weighted by Gasteiger charge is -2.01. The molecule has 4 nitrogen and oxygen atoms in total. The number of para-hydroxylation sites is 1. The van der Waals surface area contributed by atoms with Crippen LogP contribution in [0.3, 0.4) is 0 Å². The van der Waals surface area contributed by atoms with E-state index in [-0.39, 0.29) is 0 Å². The van der Waals surface area contributed by atoms with Gasteiger partial charge in [0.15, 0.2) is 0 Å². The van der Waals surface area contributed by atoms with E-state index in [9.17, 15) is 0 Å². The number of aryl methyl sites for hydroxylation is 1. The van der Waals surface area contributed by atoms with Gasteiger partial charge in [0.25, 0.3) is 0 Å². The molecule has 0 spiro atoms. The first-order chi connectivity index (χ1) is 12.7. The molecule has 0 radical (unpaired) electrons. The van der Waals surface area contributed by atoms with Crippen molar-refractivity contribution in [2.75, 3.05) is 0 Å². The highest BCUT2D eigenvalue weighted by Gasteiger charge is 2.09. The molecule has 3 heterocycles. The zero-order chi connectivity index (χ0) is 17.9. The predicted molar refractivity (Wildman–Crippen MR) is 109 cm³/mol. The highest BCUT2D eigenvalue weighted by atomic mass is 35.5. The second-order valence-electron chi connectivity index (χ2n) is 5.45. The Morgan fingerprint density at radius 1 is 1.08 bits per heavy atom. The van der Waals surface area contributed by atoms with E-state index in [1.165, 1.54) is 11.3 Å². The molecule has 7 heteroatoms. The third-order valence-electron chi connectivity index (χ3n) is 3.59. The minimum atomic E-state index is 0.607. The molecule has 0 fully saturated rings. The molecule has 0 aliphatic rings. The molecule has 130 valence electrons. The number of thiazole rings is 1. The van der Waals surface area contributed by atoms with E-state index in [2.05, 4.69) is 11.2 Å². The van der Waals surface area contributed by atoms with Gasteiger partial charge in [-0.25, -0.2) is 9.67 Å². The quantitative estimate of drug-likeness (QED) is 0.391. The lowest BCUT2D eigenvalue weighted by atomic mass is 10.3. The van der Waals surface area contributed by atoms with Gasteiger partial charge in [-0.3, -0.25) is 0 Å². The number of thiophene rings is 1. The van der Waals surface area contributed by atoms with E-state index in [1.807, 2.05) is 64.8 Å². The Kier molecular flexibility index (Phi) is 4.88. The number of rotatable bonds is 4. The average Bonchev–Trinajstić information content (AvgIpc) is 3.36. The minimum Gasteiger partial charge on any atom is -0.460 e. The molecule has 0 saturated carbocycles. The largest absolute Gasteiger partial charge is 0.460 e. The Hall–Kier alpha value is -2.41. The van der Waals surface area contributed by atoms with Gasteiger partial charge in [0.2, 0.25) is 4.80 Å². The van der Waals surface area contributed by atoms with Crippen LogP contribution in [0.4, 0.5) is 5.69 Å². The van der Waals surface area contributed by atoms with Gasteiger partial charge in [0, 0.05) is 5.38 Å². The van der Waals surface area contributed by atoms with Crippen LogP contribution >= 0.6 is 34.3 Å². The van der Waals surface area contributed by atoms with Crippen LogP contribution in [-0.2, 0) is 0 Å². The van der Waals surface area contributed by atoms with Crippen LogP contribution in [0.2, 0.25) is 5.02 Å². The van der Waals surface area contributed by atoms with Crippen LogP contribution < -0.4 is 4.80 Å². The van der Waals surface area contributed by atoms with Crippen LogP contribution in [0.15, 0.2) is 73.8 Å². The van der Waals surface area contributed by atoms with Crippen molar-refractivity contribution in [1.82, 2.24) is 4.68 Å². The lowest BCUT2D eigenvalue weighted by Crippen LogP contribution is -2.11. The first kappa shape index (κ1) is 17.0. The SMILES string of the molecule is Cc1ccc(C=Nn2c(-c3cccs3)csc2=Nc2ccccc2Cl)o1. The Bertz CT molecular complexity index is 1120. The molecule has 0 bridgehead atoms. The maximum atomic E-state index is 6.26. The van der Waals surface area contributed by atoms with Crippen LogP contribution in [-0.4, -0.2) is 10.9 Å². The molecule has 0 aliphatic carbocycles. The number of nitrogens with zero attached hydrogens (tertiary/aromatic N) is 3. The van der Waals surface area contributed by atoms with Gasteiger partial charge in [-0.05, 0) is 42.6 Å². The third kappa shape index (κ3) is 3.58. The highest BCUT2D eigenvalue weighted by molar-refractivity contribution is 7.14. The van der Waals surface area contributed by atoms with E-state index in [4.69, 9.17) is 21.0 Å². The summed E-state index contributed by atoms with van der Waals surface area (Å²) in [4.78, 5) is 6.56. The third-order valence-corrected chi connectivity index (χ3v) is 5.62. The maximum Gasteiger partial charge on any atom is 0.211 e. The lowest BCUT2D eigenvalue weighted by molar-refractivity contribution is 0.527. The molecular weight excluding hydrogens is 386 g/mol. The number of benzene rings is 1. The molecule has 4 rings (SSSR count). The first-order valence-corrected chi connectivity index (χ1v) is 9.99. The van der Waals surface area contributed by atoms with Gasteiger partial charge in [-0.15, -0.1) is 22.7 Å². The number of hydrogen-bond acceptors (Lipinski definition) is 5. The molecule has 0 saturated heterocycles. The number of aromatic nitrogens is 1. The summed E-state index contributed by atoms with van der Waals surface area (Å²) in [6.45, 7) is 1.91. The second-order valence-corrected chi connectivity index (χ2v) is 7.64. The van der Waals surface area contributed by atoms with Crippen LogP contribution in [0.1, 0.15) is 11.5 Å². The number of halogens is 1. The fourth-order valence-corrected chi connectivity index (χ4v) is 4.19. The predicted octanol–water partition coefficient (Wildman–Crippen LogP) is 5.95. The van der Waals surface area contributed by atoms with Gasteiger partial charge in [-0.2, -0.15) is 5.10 Å². The van der Waals surface area contributed by atoms with Crippen LogP contribution in [0.5, 0.6) is 0 Å². The summed E-state index contributed by atoms with van der Waals surface area (Å²) >= 11 is 9.44. The first-order valence-electron chi connectivity index (χ1n) is 7.85. The van der Waals surface area contributed by atoms with Crippen LogP contribution in [0.25, 0.3) is 10.6 Å². The Morgan fingerprint density at radius 3 is 2.69 bits per heavy atom. The fraction of sp³-hybridized carbons (Fsp3) is 0.0526. The molecule has 4 aromatic rings. The van der Waals surface area contributed by atoms with E-state index >= 15 is 0 Å². The number of furan rings is 1. The summed E-state index contributed by atoms with van der Waals surface area (Å²) in [5.41, 5.74) is 1.70. The molecule has 1 aromatic carbocycles. The maximum absolute atomic E-state index is 6.26. The summed E-state index contributed by atoms with van der Waals surface area (Å²) in [6, 6.07) is 15.4. The molecule has 0 amide bonds. The standard InChI is InChI=1S/C19H14ClN3OS2/c1-13-8-9-14(24-13)11-21-23-17(18-7-4-10-25-18)12-26-19(23)22-16-6-3-2-5-15(16)20/h2-12H,1H3. The zero-order valence-corrected chi connectivity index (χ0v) is 16.2. The van der Waals surface area contributed by atoms with Crippen molar-refractivity contribution < 1.29 is 4.42 Å². The van der Waals surface area contributed by atoms with E-state index in [1.54, 1.807) is 17.6 Å². The van der Waals surface area contributed by atoms with E-state index < -0.39 is 0 Å². The highest BCUT2D eigenvalue weighted by Crippen LogP contribution is 2.27. The molecular formula is C19H14ClN3OS2.